The highest BCUT2D eigenvalue weighted by molar-refractivity contribution is 5.92. The third-order valence-electron chi connectivity index (χ3n) is 5.53. The minimum atomic E-state index is -0.412. The highest BCUT2D eigenvalue weighted by atomic mass is 19.1. The molecular weight excluding hydrogens is 437 g/mol. The van der Waals surface area contributed by atoms with Crippen molar-refractivity contribution in [1.29, 1.82) is 0 Å². The lowest BCUT2D eigenvalue weighted by Crippen LogP contribution is -2.28. The van der Waals surface area contributed by atoms with Gasteiger partial charge in [0.15, 0.2) is 0 Å². The van der Waals surface area contributed by atoms with Gasteiger partial charge in [0, 0.05) is 29.4 Å². The van der Waals surface area contributed by atoms with Gasteiger partial charge in [-0.1, -0.05) is 6.07 Å². The number of amides is 1. The molecule has 0 aliphatic carbocycles. The minimum absolute atomic E-state index is 0.0146. The van der Waals surface area contributed by atoms with Gasteiger partial charge in [0.1, 0.15) is 36.9 Å². The van der Waals surface area contributed by atoms with Gasteiger partial charge >= 0.3 is 0 Å². The van der Waals surface area contributed by atoms with Gasteiger partial charge in [-0.05, 0) is 49.7 Å². The number of hydrogen-bond donors (Lipinski definition) is 3. The molecule has 4 aromatic rings. The average Bonchev–Trinajstić information content (AvgIpc) is 3.50. The van der Waals surface area contributed by atoms with Crippen LogP contribution in [-0.2, 0) is 11.3 Å². The second kappa shape index (κ2) is 9.84. The molecule has 1 saturated heterocycles. The molecule has 0 bridgehead atoms. The van der Waals surface area contributed by atoms with E-state index in [-0.39, 0.29) is 12.5 Å². The fourth-order valence-electron chi connectivity index (χ4n) is 3.89. The van der Waals surface area contributed by atoms with Crippen LogP contribution in [0.15, 0.2) is 61.2 Å². The highest BCUT2D eigenvalue weighted by Gasteiger charge is 2.15. The van der Waals surface area contributed by atoms with Crippen LogP contribution in [0.2, 0.25) is 0 Å². The van der Waals surface area contributed by atoms with E-state index in [2.05, 4.69) is 31.0 Å². The maximum absolute atomic E-state index is 13.3. The molecule has 3 N–H and O–H groups in total. The molecule has 1 aliphatic rings. The van der Waals surface area contributed by atoms with Crippen molar-refractivity contribution in [1.82, 2.24) is 25.1 Å². The molecule has 1 atom stereocenters. The van der Waals surface area contributed by atoms with Crippen LogP contribution in [0.3, 0.4) is 0 Å². The van der Waals surface area contributed by atoms with Gasteiger partial charge in [0.25, 0.3) is 0 Å². The molecule has 5 rings (SSSR count). The molecule has 1 aliphatic heterocycles. The number of hydrogen-bond acceptors (Lipinski definition) is 7. The summed E-state index contributed by atoms with van der Waals surface area (Å²) in [6.07, 6.45) is 7.11. The van der Waals surface area contributed by atoms with Crippen LogP contribution in [0.25, 0.3) is 10.9 Å². The predicted molar refractivity (Wildman–Crippen MR) is 127 cm³/mol. The van der Waals surface area contributed by atoms with Crippen molar-refractivity contribution in [3.05, 3.63) is 67.0 Å². The largest absolute Gasteiger partial charge is 0.492 e. The summed E-state index contributed by atoms with van der Waals surface area (Å²) < 4.78 is 20.7. The zero-order valence-corrected chi connectivity index (χ0v) is 18.4. The van der Waals surface area contributed by atoms with Crippen molar-refractivity contribution in [3.8, 4) is 5.75 Å². The van der Waals surface area contributed by atoms with Crippen LogP contribution in [0.4, 0.5) is 21.6 Å². The standard InChI is InChI=1S/C24H24FN7O2/c25-16-3-1-4-17(9-16)30-23(33)13-32-12-19(11-29-32)31-24-21-7-6-20(10-22(21)27-15-28-24)34-14-18-5-2-8-26-18/h1,3-4,6-7,9-12,15,18,26H,2,5,8,13-14H2,(H,30,33)(H,27,28,31)/t18-/m0/s1. The molecule has 1 fully saturated rings. The molecular formula is C24H24FN7O2. The molecule has 2 aromatic carbocycles. The Balaban J connectivity index is 1.23. The summed E-state index contributed by atoms with van der Waals surface area (Å²) >= 11 is 0. The molecule has 0 radical (unpaired) electrons. The molecule has 1 amide bonds. The molecule has 2 aromatic heterocycles. The van der Waals surface area contributed by atoms with E-state index in [1.807, 2.05) is 18.2 Å². The Morgan fingerprint density at radius 2 is 2.15 bits per heavy atom. The lowest BCUT2D eigenvalue weighted by Gasteiger charge is -2.13. The Hall–Kier alpha value is -4.05. The summed E-state index contributed by atoms with van der Waals surface area (Å²) in [6.45, 7) is 1.66. The van der Waals surface area contributed by atoms with Crippen molar-refractivity contribution >= 4 is 34.0 Å². The van der Waals surface area contributed by atoms with E-state index in [9.17, 15) is 9.18 Å². The predicted octanol–water partition coefficient (Wildman–Crippen LogP) is 3.48. The van der Waals surface area contributed by atoms with Crippen LogP contribution < -0.4 is 20.7 Å². The number of carbonyl (C=O) groups excluding carboxylic acids is 1. The molecule has 0 unspecified atom stereocenters. The van der Waals surface area contributed by atoms with Gasteiger partial charge in [0.2, 0.25) is 5.91 Å². The summed E-state index contributed by atoms with van der Waals surface area (Å²) in [7, 11) is 0. The zero-order chi connectivity index (χ0) is 23.3. The van der Waals surface area contributed by atoms with Gasteiger partial charge in [-0.3, -0.25) is 9.48 Å². The highest BCUT2D eigenvalue weighted by Crippen LogP contribution is 2.26. The van der Waals surface area contributed by atoms with Crippen molar-refractivity contribution < 1.29 is 13.9 Å². The third kappa shape index (κ3) is 5.29. The number of halogens is 1. The average molecular weight is 462 g/mol. The Morgan fingerprint density at radius 1 is 1.21 bits per heavy atom. The quantitative estimate of drug-likeness (QED) is 0.369. The van der Waals surface area contributed by atoms with Crippen LogP contribution in [-0.4, -0.2) is 44.8 Å². The Labute approximate surface area is 195 Å². The zero-order valence-electron chi connectivity index (χ0n) is 18.4. The van der Waals surface area contributed by atoms with E-state index >= 15 is 0 Å². The summed E-state index contributed by atoms with van der Waals surface area (Å²) in [5.41, 5.74) is 1.83. The van der Waals surface area contributed by atoms with Gasteiger partial charge in [0.05, 0.1) is 17.4 Å². The Morgan fingerprint density at radius 3 is 3.00 bits per heavy atom. The van der Waals surface area contributed by atoms with Crippen molar-refractivity contribution in [2.75, 3.05) is 23.8 Å². The van der Waals surface area contributed by atoms with Crippen molar-refractivity contribution in [2.24, 2.45) is 0 Å². The Bertz CT molecular complexity index is 1300. The molecule has 0 saturated carbocycles. The number of benzene rings is 2. The molecule has 10 heteroatoms. The summed E-state index contributed by atoms with van der Waals surface area (Å²) in [5.74, 6) is 0.666. The van der Waals surface area contributed by atoms with E-state index in [1.54, 1.807) is 18.5 Å². The minimum Gasteiger partial charge on any atom is -0.492 e. The van der Waals surface area contributed by atoms with Crippen LogP contribution in [0, 0.1) is 5.82 Å². The van der Waals surface area contributed by atoms with Gasteiger partial charge in [-0.2, -0.15) is 5.10 Å². The molecule has 174 valence electrons. The number of rotatable bonds is 8. The molecule has 0 spiro atoms. The number of fused-ring (bicyclic) bond motifs is 1. The second-order valence-electron chi connectivity index (χ2n) is 8.12. The van der Waals surface area contributed by atoms with Gasteiger partial charge in [-0.15, -0.1) is 0 Å². The number of ether oxygens (including phenoxy) is 1. The first kappa shape index (κ1) is 21.8. The monoisotopic (exact) mass is 461 g/mol. The Kier molecular flexibility index (Phi) is 6.30. The van der Waals surface area contributed by atoms with Gasteiger partial charge < -0.3 is 20.7 Å². The summed E-state index contributed by atoms with van der Waals surface area (Å²) in [6, 6.07) is 11.9. The molecule has 3 heterocycles. The van der Waals surface area contributed by atoms with E-state index < -0.39 is 5.82 Å². The number of nitrogens with one attached hydrogen (secondary N) is 3. The smallest absolute Gasteiger partial charge is 0.246 e. The number of nitrogens with zero attached hydrogens (tertiary/aromatic N) is 4. The SMILES string of the molecule is O=C(Cn1cc(Nc2ncnc3cc(OC[C@@H]4CCCN4)ccc23)cn1)Nc1cccc(F)c1. The maximum Gasteiger partial charge on any atom is 0.246 e. The fourth-order valence-corrected chi connectivity index (χ4v) is 3.89. The first-order chi connectivity index (χ1) is 16.6. The number of anilines is 3. The van der Waals surface area contributed by atoms with E-state index in [0.717, 1.165) is 29.6 Å². The van der Waals surface area contributed by atoms with E-state index in [4.69, 9.17) is 4.74 Å². The normalized spacial score (nSPS) is 15.4. The topological polar surface area (TPSA) is 106 Å². The molecule has 9 nitrogen and oxygen atoms in total. The van der Waals surface area contributed by atoms with Crippen LogP contribution in [0.1, 0.15) is 12.8 Å². The van der Waals surface area contributed by atoms with Crippen molar-refractivity contribution in [3.63, 3.8) is 0 Å². The molecule has 34 heavy (non-hydrogen) atoms. The number of carbonyl (C=O) groups is 1. The first-order valence-electron chi connectivity index (χ1n) is 11.1. The van der Waals surface area contributed by atoms with E-state index in [0.29, 0.717) is 29.8 Å². The van der Waals surface area contributed by atoms with Crippen LogP contribution in [0.5, 0.6) is 5.75 Å². The lowest BCUT2D eigenvalue weighted by atomic mass is 10.2. The van der Waals surface area contributed by atoms with Gasteiger partial charge in [-0.25, -0.2) is 14.4 Å². The first-order valence-corrected chi connectivity index (χ1v) is 11.1. The third-order valence-corrected chi connectivity index (χ3v) is 5.53. The van der Waals surface area contributed by atoms with Crippen LogP contribution >= 0.6 is 0 Å². The maximum atomic E-state index is 13.3. The van der Waals surface area contributed by atoms with E-state index in [1.165, 1.54) is 35.6 Å². The lowest BCUT2D eigenvalue weighted by molar-refractivity contribution is -0.116. The fraction of sp³-hybridized carbons (Fsp3) is 0.250. The summed E-state index contributed by atoms with van der Waals surface area (Å²) in [4.78, 5) is 21.0. The summed E-state index contributed by atoms with van der Waals surface area (Å²) in [5, 5.41) is 14.4. The van der Waals surface area contributed by atoms with Crippen molar-refractivity contribution in [2.45, 2.75) is 25.4 Å². The number of aromatic nitrogens is 4. The second-order valence-corrected chi connectivity index (χ2v) is 8.12.